The number of ether oxygens (including phenoxy) is 1. The van der Waals surface area contributed by atoms with Gasteiger partial charge >= 0.3 is 0 Å². The molecule has 0 atom stereocenters. The lowest BCUT2D eigenvalue weighted by molar-refractivity contribution is 0.414. The van der Waals surface area contributed by atoms with Crippen LogP contribution in [0.25, 0.3) is 0 Å². The first-order valence-corrected chi connectivity index (χ1v) is 6.86. The quantitative estimate of drug-likeness (QED) is 0.842. The number of methoxy groups -OCH3 is 1. The van der Waals surface area contributed by atoms with E-state index in [0.717, 1.165) is 43.0 Å². The average molecular weight is 258 g/mol. The van der Waals surface area contributed by atoms with Crippen LogP contribution >= 0.6 is 0 Å². The van der Waals surface area contributed by atoms with Gasteiger partial charge in [-0.2, -0.15) is 0 Å². The van der Waals surface area contributed by atoms with Gasteiger partial charge in [-0.05, 0) is 36.6 Å². The van der Waals surface area contributed by atoms with Gasteiger partial charge in [0, 0.05) is 30.9 Å². The molecule has 102 valence electrons. The molecule has 3 nitrogen and oxygen atoms in total. The maximum Gasteiger partial charge on any atom is 0.119 e. The van der Waals surface area contributed by atoms with Crippen LogP contribution in [0.4, 0.5) is 0 Å². The van der Waals surface area contributed by atoms with Crippen LogP contribution in [0.1, 0.15) is 32.3 Å². The van der Waals surface area contributed by atoms with E-state index < -0.39 is 0 Å². The molecule has 19 heavy (non-hydrogen) atoms. The molecular formula is C16H22N2O. The average Bonchev–Trinajstić information content (AvgIpc) is 2.46. The van der Waals surface area contributed by atoms with Crippen LogP contribution in [0.3, 0.4) is 0 Å². The third-order valence-corrected chi connectivity index (χ3v) is 3.43. The van der Waals surface area contributed by atoms with Crippen LogP contribution in [0.15, 0.2) is 40.5 Å². The van der Waals surface area contributed by atoms with Crippen LogP contribution in [0.2, 0.25) is 0 Å². The number of nitrogens with zero attached hydrogens (tertiary/aromatic N) is 1. The summed E-state index contributed by atoms with van der Waals surface area (Å²) in [5.41, 5.74) is 4.87. The number of aliphatic imine (C=N–C) groups is 1. The van der Waals surface area contributed by atoms with Crippen LogP contribution in [-0.2, 0) is 0 Å². The number of rotatable bonds is 4. The first-order valence-electron chi connectivity index (χ1n) is 6.86. The van der Waals surface area contributed by atoms with Crippen molar-refractivity contribution in [3.05, 3.63) is 41.1 Å². The van der Waals surface area contributed by atoms with Gasteiger partial charge in [-0.1, -0.05) is 19.1 Å². The van der Waals surface area contributed by atoms with Gasteiger partial charge in [0.2, 0.25) is 0 Å². The number of hydrogen-bond acceptors (Lipinski definition) is 3. The predicted molar refractivity (Wildman–Crippen MR) is 80.0 cm³/mol. The Kier molecular flexibility index (Phi) is 4.74. The van der Waals surface area contributed by atoms with E-state index >= 15 is 0 Å². The Morgan fingerprint density at radius 3 is 2.95 bits per heavy atom. The second kappa shape index (κ2) is 6.53. The zero-order valence-electron chi connectivity index (χ0n) is 12.0. The smallest absolute Gasteiger partial charge is 0.119 e. The Labute approximate surface area is 115 Å². The highest BCUT2D eigenvalue weighted by Crippen LogP contribution is 2.19. The van der Waals surface area contributed by atoms with Crippen molar-refractivity contribution < 1.29 is 4.74 Å². The molecule has 1 aliphatic rings. The summed E-state index contributed by atoms with van der Waals surface area (Å²) in [5, 5.41) is 3.37. The summed E-state index contributed by atoms with van der Waals surface area (Å²) < 4.78 is 5.28. The van der Waals surface area contributed by atoms with E-state index in [1.165, 1.54) is 11.3 Å². The zero-order valence-corrected chi connectivity index (χ0v) is 12.0. The fourth-order valence-corrected chi connectivity index (χ4v) is 2.26. The van der Waals surface area contributed by atoms with E-state index in [0.29, 0.717) is 0 Å². The molecule has 1 aromatic rings. The van der Waals surface area contributed by atoms with E-state index in [9.17, 15) is 0 Å². The van der Waals surface area contributed by atoms with Gasteiger partial charge in [0.05, 0.1) is 7.11 Å². The lowest BCUT2D eigenvalue weighted by atomic mass is 10.1. The molecule has 1 N–H and O–H groups in total. The predicted octanol–water partition coefficient (Wildman–Crippen LogP) is 3.16. The lowest BCUT2D eigenvalue weighted by Crippen LogP contribution is -2.24. The highest BCUT2D eigenvalue weighted by Gasteiger charge is 2.10. The number of nitrogens with one attached hydrogen (secondary N) is 1. The molecular weight excluding hydrogens is 236 g/mol. The Morgan fingerprint density at radius 1 is 1.42 bits per heavy atom. The minimum absolute atomic E-state index is 0.884. The Bertz CT molecular complexity index is 503. The van der Waals surface area contributed by atoms with Gasteiger partial charge in [0.15, 0.2) is 0 Å². The molecule has 1 aromatic carbocycles. The molecule has 0 spiro atoms. The van der Waals surface area contributed by atoms with E-state index in [-0.39, 0.29) is 0 Å². The molecule has 0 saturated heterocycles. The second-order valence-corrected chi connectivity index (χ2v) is 4.80. The summed E-state index contributed by atoms with van der Waals surface area (Å²) in [4.78, 5) is 4.88. The molecule has 1 aliphatic heterocycles. The van der Waals surface area contributed by atoms with Crippen molar-refractivity contribution >= 4 is 5.71 Å². The minimum Gasteiger partial charge on any atom is -0.497 e. The molecule has 0 radical (unpaired) electrons. The van der Waals surface area contributed by atoms with Gasteiger partial charge in [-0.3, -0.25) is 4.99 Å². The first-order chi connectivity index (χ1) is 9.24. The third-order valence-electron chi connectivity index (χ3n) is 3.43. The van der Waals surface area contributed by atoms with Crippen molar-refractivity contribution in [2.45, 2.75) is 26.7 Å². The fraction of sp³-hybridized carbons (Fsp3) is 0.438. The maximum atomic E-state index is 5.28. The largest absolute Gasteiger partial charge is 0.497 e. The van der Waals surface area contributed by atoms with Gasteiger partial charge < -0.3 is 10.1 Å². The van der Waals surface area contributed by atoms with Crippen LogP contribution in [0.5, 0.6) is 5.75 Å². The third kappa shape index (κ3) is 3.44. The molecule has 0 amide bonds. The molecule has 2 rings (SSSR count). The van der Waals surface area contributed by atoms with Crippen molar-refractivity contribution in [3.8, 4) is 5.75 Å². The van der Waals surface area contributed by atoms with E-state index in [4.69, 9.17) is 9.73 Å². The number of benzene rings is 1. The molecule has 0 saturated carbocycles. The number of hydrogen-bond donors (Lipinski definition) is 1. The lowest BCUT2D eigenvalue weighted by Gasteiger charge is -2.17. The Hall–Kier alpha value is -1.61. The normalized spacial score (nSPS) is 16.7. The summed E-state index contributed by atoms with van der Waals surface area (Å²) in [5.74, 6) is 0.884. The summed E-state index contributed by atoms with van der Waals surface area (Å²) in [6.07, 6.45) is 1.94. The van der Waals surface area contributed by atoms with Gasteiger partial charge in [-0.25, -0.2) is 0 Å². The van der Waals surface area contributed by atoms with Crippen LogP contribution in [-0.4, -0.2) is 25.9 Å². The Morgan fingerprint density at radius 2 is 2.26 bits per heavy atom. The first kappa shape index (κ1) is 13.8. The van der Waals surface area contributed by atoms with Crippen LogP contribution < -0.4 is 10.1 Å². The second-order valence-electron chi connectivity index (χ2n) is 4.80. The van der Waals surface area contributed by atoms with Crippen molar-refractivity contribution in [2.24, 2.45) is 4.99 Å². The molecule has 1 heterocycles. The highest BCUT2D eigenvalue weighted by atomic mass is 16.5. The zero-order chi connectivity index (χ0) is 13.7. The van der Waals surface area contributed by atoms with E-state index in [2.05, 4.69) is 31.3 Å². The summed E-state index contributed by atoms with van der Waals surface area (Å²) in [6, 6.07) is 8.13. The molecule has 0 aliphatic carbocycles. The molecule has 0 unspecified atom stereocenters. The Balaban J connectivity index is 2.33. The molecule has 0 fully saturated rings. The van der Waals surface area contributed by atoms with Crippen LogP contribution in [0, 0.1) is 0 Å². The van der Waals surface area contributed by atoms with Gasteiger partial charge in [0.25, 0.3) is 0 Å². The van der Waals surface area contributed by atoms with Gasteiger partial charge in [-0.15, -0.1) is 0 Å². The summed E-state index contributed by atoms with van der Waals surface area (Å²) >= 11 is 0. The molecule has 3 heteroatoms. The van der Waals surface area contributed by atoms with Gasteiger partial charge in [0.1, 0.15) is 5.75 Å². The molecule has 0 aromatic heterocycles. The topological polar surface area (TPSA) is 33.6 Å². The maximum absolute atomic E-state index is 5.28. The molecule has 0 bridgehead atoms. The minimum atomic E-state index is 0.884. The van der Waals surface area contributed by atoms with Crippen molar-refractivity contribution in [1.82, 2.24) is 5.32 Å². The highest BCUT2D eigenvalue weighted by molar-refractivity contribution is 6.01. The monoisotopic (exact) mass is 258 g/mol. The van der Waals surface area contributed by atoms with E-state index in [1.54, 1.807) is 7.11 Å². The fourth-order valence-electron chi connectivity index (χ4n) is 2.26. The standard InChI is InChI=1S/C16H22N2O/c1-4-15(13-6-5-7-14(10-13)19-3)18-16-8-9-17-11-12(16)2/h5-7,10,17H,4,8-9,11H2,1-3H3. The van der Waals surface area contributed by atoms with Crippen molar-refractivity contribution in [2.75, 3.05) is 20.2 Å². The van der Waals surface area contributed by atoms with Crippen molar-refractivity contribution in [3.63, 3.8) is 0 Å². The summed E-state index contributed by atoms with van der Waals surface area (Å²) in [7, 11) is 1.70. The summed E-state index contributed by atoms with van der Waals surface area (Å²) in [6.45, 7) is 6.28. The van der Waals surface area contributed by atoms with Crippen molar-refractivity contribution in [1.29, 1.82) is 0 Å². The van der Waals surface area contributed by atoms with E-state index in [1.807, 2.05) is 12.1 Å². The SMILES string of the molecule is CCC(=NC1=C(C)CNCC1)c1cccc(OC)c1.